The summed E-state index contributed by atoms with van der Waals surface area (Å²) in [5, 5.41) is 6.80. The van der Waals surface area contributed by atoms with Crippen LogP contribution in [0.2, 0.25) is 0 Å². The van der Waals surface area contributed by atoms with Gasteiger partial charge in [-0.15, -0.1) is 0 Å². The summed E-state index contributed by atoms with van der Waals surface area (Å²) in [6, 6.07) is 6.35. The number of aromatic amines is 1. The number of fused-ring (bicyclic) bond motifs is 1. The van der Waals surface area contributed by atoms with Crippen LogP contribution in [-0.2, 0) is 6.54 Å². The topological polar surface area (TPSA) is 53.9 Å². The number of H-pyrrole nitrogens is 1. The van der Waals surface area contributed by atoms with Crippen LogP contribution in [0.4, 0.5) is 0 Å². The molecule has 19 heavy (non-hydrogen) atoms. The van der Waals surface area contributed by atoms with Gasteiger partial charge in [-0.3, -0.25) is 10.1 Å². The van der Waals surface area contributed by atoms with Crippen molar-refractivity contribution in [3.63, 3.8) is 0 Å². The van der Waals surface area contributed by atoms with Crippen molar-refractivity contribution in [2.75, 3.05) is 0 Å². The van der Waals surface area contributed by atoms with E-state index in [1.807, 2.05) is 0 Å². The molecule has 1 aliphatic heterocycles. The van der Waals surface area contributed by atoms with Gasteiger partial charge >= 0.3 is 0 Å². The molecule has 2 aromatic rings. The van der Waals surface area contributed by atoms with Crippen LogP contribution in [0, 0.1) is 0 Å². The number of nitrogens with one attached hydrogen (secondary N) is 1. The third-order valence-corrected chi connectivity index (χ3v) is 3.54. The predicted octanol–water partition coefficient (Wildman–Crippen LogP) is 2.66. The molecule has 0 atom stereocenters. The molecule has 4 rings (SSSR count). The van der Waals surface area contributed by atoms with Gasteiger partial charge in [-0.05, 0) is 23.6 Å². The minimum atomic E-state index is 0.776. The smallest absolute Gasteiger partial charge is 0.155 e. The van der Waals surface area contributed by atoms with Gasteiger partial charge in [-0.2, -0.15) is 5.10 Å². The van der Waals surface area contributed by atoms with Crippen LogP contribution >= 0.6 is 0 Å². The van der Waals surface area contributed by atoms with E-state index in [4.69, 9.17) is 0 Å². The first kappa shape index (κ1) is 10.4. The minimum absolute atomic E-state index is 0.776. The standard InChI is InChI=1S/C15H12N4/c1-2-4-10(3-1)14-13-7-11(15-17-9-18-19-15)5-6-12(13)8-16-14/h1-3,5-7,9H,4,8H2,(H,17,18,19). The molecule has 0 unspecified atom stereocenters. The number of hydrogen-bond acceptors (Lipinski definition) is 3. The van der Waals surface area contributed by atoms with E-state index >= 15 is 0 Å². The molecule has 1 aliphatic carbocycles. The Morgan fingerprint density at radius 1 is 1.21 bits per heavy atom. The van der Waals surface area contributed by atoms with Crippen LogP contribution in [-0.4, -0.2) is 20.9 Å². The lowest BCUT2D eigenvalue weighted by atomic mass is 9.97. The Morgan fingerprint density at radius 2 is 2.21 bits per heavy atom. The first-order chi connectivity index (χ1) is 9.42. The number of benzene rings is 1. The molecule has 0 bridgehead atoms. The number of aliphatic imine (C=N–C) groups is 1. The molecule has 0 saturated heterocycles. The molecule has 4 heteroatoms. The average molecular weight is 248 g/mol. The van der Waals surface area contributed by atoms with Gasteiger partial charge < -0.3 is 0 Å². The van der Waals surface area contributed by atoms with E-state index in [2.05, 4.69) is 56.6 Å². The largest absolute Gasteiger partial charge is 0.280 e. The molecule has 1 aromatic carbocycles. The van der Waals surface area contributed by atoms with Crippen molar-refractivity contribution in [3.05, 3.63) is 59.5 Å². The zero-order valence-corrected chi connectivity index (χ0v) is 10.3. The second-order valence-corrected chi connectivity index (χ2v) is 4.70. The average Bonchev–Trinajstić information content (AvgIpc) is 3.18. The van der Waals surface area contributed by atoms with Crippen molar-refractivity contribution in [2.45, 2.75) is 13.0 Å². The lowest BCUT2D eigenvalue weighted by Gasteiger charge is -2.06. The molecule has 0 amide bonds. The van der Waals surface area contributed by atoms with E-state index in [1.165, 1.54) is 23.0 Å². The lowest BCUT2D eigenvalue weighted by molar-refractivity contribution is 1.09. The van der Waals surface area contributed by atoms with Crippen LogP contribution in [0.1, 0.15) is 17.5 Å². The maximum Gasteiger partial charge on any atom is 0.155 e. The van der Waals surface area contributed by atoms with Crippen LogP contribution < -0.4 is 0 Å². The third kappa shape index (κ3) is 1.64. The van der Waals surface area contributed by atoms with Crippen LogP contribution in [0.15, 0.2) is 53.3 Å². The molecule has 2 aliphatic rings. The SMILES string of the molecule is C1=CCC(C2=NCc3ccc(-c4ncn[nH]4)cc32)=C1. The molecule has 92 valence electrons. The second-order valence-electron chi connectivity index (χ2n) is 4.70. The van der Waals surface area contributed by atoms with Crippen molar-refractivity contribution in [2.24, 2.45) is 4.99 Å². The van der Waals surface area contributed by atoms with Crippen molar-refractivity contribution in [3.8, 4) is 11.4 Å². The third-order valence-electron chi connectivity index (χ3n) is 3.54. The zero-order valence-electron chi connectivity index (χ0n) is 10.3. The number of allylic oxidation sites excluding steroid dienone is 4. The molecule has 0 radical (unpaired) electrons. The summed E-state index contributed by atoms with van der Waals surface area (Å²) in [5.41, 5.74) is 5.99. The molecule has 0 saturated carbocycles. The van der Waals surface area contributed by atoms with Crippen molar-refractivity contribution in [1.82, 2.24) is 15.2 Å². The van der Waals surface area contributed by atoms with Crippen LogP contribution in [0.25, 0.3) is 11.4 Å². The highest BCUT2D eigenvalue weighted by Crippen LogP contribution is 2.29. The van der Waals surface area contributed by atoms with Crippen molar-refractivity contribution >= 4 is 5.71 Å². The fraction of sp³-hybridized carbons (Fsp3) is 0.133. The van der Waals surface area contributed by atoms with Crippen LogP contribution in [0.5, 0.6) is 0 Å². The Balaban J connectivity index is 1.79. The zero-order chi connectivity index (χ0) is 12.7. The van der Waals surface area contributed by atoms with Gasteiger partial charge in [0.1, 0.15) is 6.33 Å². The quantitative estimate of drug-likeness (QED) is 0.888. The van der Waals surface area contributed by atoms with E-state index in [9.17, 15) is 0 Å². The highest BCUT2D eigenvalue weighted by Gasteiger charge is 2.20. The van der Waals surface area contributed by atoms with Crippen LogP contribution in [0.3, 0.4) is 0 Å². The normalized spacial score (nSPS) is 16.4. The number of aromatic nitrogens is 3. The molecular weight excluding hydrogens is 236 g/mol. The molecule has 2 heterocycles. The predicted molar refractivity (Wildman–Crippen MR) is 73.9 cm³/mol. The van der Waals surface area contributed by atoms with E-state index in [0.717, 1.165) is 30.1 Å². The number of rotatable bonds is 2. The van der Waals surface area contributed by atoms with E-state index in [-0.39, 0.29) is 0 Å². The fourth-order valence-electron chi connectivity index (χ4n) is 2.57. The second kappa shape index (κ2) is 4.02. The summed E-state index contributed by atoms with van der Waals surface area (Å²) in [6.07, 6.45) is 8.91. The molecule has 1 N–H and O–H groups in total. The molecule has 0 fully saturated rings. The monoisotopic (exact) mass is 248 g/mol. The highest BCUT2D eigenvalue weighted by molar-refractivity contribution is 6.15. The number of nitrogens with zero attached hydrogens (tertiary/aromatic N) is 3. The van der Waals surface area contributed by atoms with E-state index in [0.29, 0.717) is 0 Å². The Morgan fingerprint density at radius 3 is 3.00 bits per heavy atom. The molecule has 1 aromatic heterocycles. The lowest BCUT2D eigenvalue weighted by Crippen LogP contribution is -2.01. The Labute approximate surface area is 110 Å². The highest BCUT2D eigenvalue weighted by atomic mass is 15.2. The van der Waals surface area contributed by atoms with Gasteiger partial charge in [-0.25, -0.2) is 4.98 Å². The summed E-state index contributed by atoms with van der Waals surface area (Å²) < 4.78 is 0. The van der Waals surface area contributed by atoms with E-state index < -0.39 is 0 Å². The molecular formula is C15H12N4. The Bertz CT molecular complexity index is 721. The summed E-state index contributed by atoms with van der Waals surface area (Å²) in [7, 11) is 0. The maximum atomic E-state index is 4.67. The first-order valence-corrected chi connectivity index (χ1v) is 6.31. The molecule has 0 spiro atoms. The van der Waals surface area contributed by atoms with Crippen molar-refractivity contribution < 1.29 is 0 Å². The van der Waals surface area contributed by atoms with Gasteiger partial charge in [-0.1, -0.05) is 30.4 Å². The van der Waals surface area contributed by atoms with Gasteiger partial charge in [0, 0.05) is 11.1 Å². The fourth-order valence-corrected chi connectivity index (χ4v) is 2.57. The summed E-state index contributed by atoms with van der Waals surface area (Å²) in [6.45, 7) is 0.776. The summed E-state index contributed by atoms with van der Waals surface area (Å²) in [4.78, 5) is 8.87. The Hall–Kier alpha value is -2.49. The summed E-state index contributed by atoms with van der Waals surface area (Å²) in [5.74, 6) is 0.799. The van der Waals surface area contributed by atoms with Gasteiger partial charge in [0.2, 0.25) is 0 Å². The van der Waals surface area contributed by atoms with Gasteiger partial charge in [0.15, 0.2) is 5.82 Å². The van der Waals surface area contributed by atoms with Gasteiger partial charge in [0.05, 0.1) is 12.3 Å². The van der Waals surface area contributed by atoms with Gasteiger partial charge in [0.25, 0.3) is 0 Å². The van der Waals surface area contributed by atoms with Crippen molar-refractivity contribution in [1.29, 1.82) is 0 Å². The first-order valence-electron chi connectivity index (χ1n) is 6.31. The Kier molecular flexibility index (Phi) is 2.21. The van der Waals surface area contributed by atoms with E-state index in [1.54, 1.807) is 0 Å². The summed E-state index contributed by atoms with van der Waals surface area (Å²) >= 11 is 0. The maximum absolute atomic E-state index is 4.67. The molecule has 4 nitrogen and oxygen atoms in total. The minimum Gasteiger partial charge on any atom is -0.280 e. The number of hydrogen-bond donors (Lipinski definition) is 1.